The zero-order valence-corrected chi connectivity index (χ0v) is 23.7. The summed E-state index contributed by atoms with van der Waals surface area (Å²) in [6.07, 6.45) is 0.880. The first-order valence-electron chi connectivity index (χ1n) is 13.3. The molecule has 214 valence electrons. The van der Waals surface area contributed by atoms with Crippen LogP contribution in [0.15, 0.2) is 29.4 Å². The third kappa shape index (κ3) is 7.58. The number of nitrogens with zero attached hydrogens (tertiary/aromatic N) is 3. The van der Waals surface area contributed by atoms with Crippen molar-refractivity contribution >= 4 is 23.0 Å². The quantitative estimate of drug-likeness (QED) is 0.438. The largest absolute Gasteiger partial charge is 0.491 e. The van der Waals surface area contributed by atoms with Gasteiger partial charge in [0, 0.05) is 23.7 Å². The van der Waals surface area contributed by atoms with Crippen molar-refractivity contribution < 1.29 is 32.2 Å². The lowest BCUT2D eigenvalue weighted by Crippen LogP contribution is -2.37. The fraction of sp³-hybridized carbons (Fsp3) is 0.607. The van der Waals surface area contributed by atoms with Gasteiger partial charge in [-0.05, 0) is 62.8 Å². The topological polar surface area (TPSA) is 73.1 Å². The molecule has 2 aliphatic heterocycles. The third-order valence-electron chi connectivity index (χ3n) is 6.97. The summed E-state index contributed by atoms with van der Waals surface area (Å²) in [4.78, 5) is 32.8. The van der Waals surface area contributed by atoms with Crippen molar-refractivity contribution in [3.8, 4) is 5.75 Å². The molecule has 0 bridgehead atoms. The van der Waals surface area contributed by atoms with E-state index in [-0.39, 0.29) is 41.3 Å². The first-order valence-corrected chi connectivity index (χ1v) is 14.1. The molecule has 2 aliphatic rings. The Morgan fingerprint density at radius 3 is 2.59 bits per heavy atom. The minimum absolute atomic E-state index is 0.00159. The minimum atomic E-state index is -4.63. The summed E-state index contributed by atoms with van der Waals surface area (Å²) in [6.45, 7) is 10.1. The molecule has 0 unspecified atom stereocenters. The molecule has 2 atom stereocenters. The fourth-order valence-corrected chi connectivity index (χ4v) is 5.92. The van der Waals surface area contributed by atoms with Gasteiger partial charge < -0.3 is 14.0 Å². The van der Waals surface area contributed by atoms with Crippen LogP contribution in [0.1, 0.15) is 74.2 Å². The standard InChI is InChI=1S/C28H36F3N3O4S/c1-18(35)14-33-11-5-7-20(33)17-38-23-10-9-19(28(29,30)31)13-22(23)25(36)32-26-34(15-21-8-6-12-37-21)16-24(39-26)27(2,3)4/h9-10,13,16,20-21H,5-8,11-12,14-15,17H2,1-4H3/t20-,21+/m0/s1. The molecule has 7 nitrogen and oxygen atoms in total. The Labute approximate surface area is 230 Å². The van der Waals surface area contributed by atoms with E-state index in [1.54, 1.807) is 0 Å². The number of Topliss-reactive ketones (excluding diaryl/α,β-unsaturated/α-hetero) is 1. The lowest BCUT2D eigenvalue weighted by molar-refractivity contribution is -0.137. The van der Waals surface area contributed by atoms with Crippen LogP contribution in [0.5, 0.6) is 5.75 Å². The average Bonchev–Trinajstić information content (AvgIpc) is 3.59. The molecule has 1 amide bonds. The second-order valence-corrected chi connectivity index (χ2v) is 12.3. The summed E-state index contributed by atoms with van der Waals surface area (Å²) >= 11 is 1.35. The smallest absolute Gasteiger partial charge is 0.416 e. The number of ketones is 1. The molecule has 0 aliphatic carbocycles. The Hall–Kier alpha value is -2.50. The van der Waals surface area contributed by atoms with E-state index in [0.717, 1.165) is 49.2 Å². The van der Waals surface area contributed by atoms with Gasteiger partial charge in [-0.15, -0.1) is 11.3 Å². The van der Waals surface area contributed by atoms with Gasteiger partial charge in [0.15, 0.2) is 4.80 Å². The van der Waals surface area contributed by atoms with Gasteiger partial charge in [0.25, 0.3) is 5.91 Å². The van der Waals surface area contributed by atoms with Gasteiger partial charge in [-0.25, -0.2) is 0 Å². The molecule has 2 saturated heterocycles. The second kappa shape index (κ2) is 11.9. The number of carbonyl (C=O) groups excluding carboxylic acids is 2. The maximum atomic E-state index is 13.6. The summed E-state index contributed by atoms with van der Waals surface area (Å²) in [6, 6.07) is 2.85. The van der Waals surface area contributed by atoms with E-state index < -0.39 is 17.6 Å². The van der Waals surface area contributed by atoms with Crippen LogP contribution in [0.2, 0.25) is 0 Å². The van der Waals surface area contributed by atoms with E-state index in [0.29, 0.717) is 24.5 Å². The number of halogens is 3. The summed E-state index contributed by atoms with van der Waals surface area (Å²) in [7, 11) is 0. The maximum Gasteiger partial charge on any atom is 0.416 e. The van der Waals surface area contributed by atoms with Crippen LogP contribution in [0.4, 0.5) is 13.2 Å². The predicted octanol–water partition coefficient (Wildman–Crippen LogP) is 5.22. The maximum absolute atomic E-state index is 13.6. The van der Waals surface area contributed by atoms with Crippen molar-refractivity contribution in [2.75, 3.05) is 26.3 Å². The number of aromatic nitrogens is 1. The molecule has 1 aromatic carbocycles. The van der Waals surface area contributed by atoms with Crippen LogP contribution in [0.3, 0.4) is 0 Å². The zero-order valence-electron chi connectivity index (χ0n) is 22.8. The number of thiazole rings is 1. The highest BCUT2D eigenvalue weighted by atomic mass is 32.1. The van der Waals surface area contributed by atoms with Crippen molar-refractivity contribution in [1.82, 2.24) is 9.47 Å². The van der Waals surface area contributed by atoms with E-state index in [2.05, 4.69) is 25.8 Å². The molecule has 4 rings (SSSR count). The number of carbonyl (C=O) groups is 2. The lowest BCUT2D eigenvalue weighted by atomic mass is 9.95. The number of hydrogen-bond donors (Lipinski definition) is 0. The average molecular weight is 568 g/mol. The molecule has 0 radical (unpaired) electrons. The molecule has 0 spiro atoms. The van der Waals surface area contributed by atoms with Crippen LogP contribution in [-0.4, -0.2) is 59.6 Å². The Morgan fingerprint density at radius 2 is 1.95 bits per heavy atom. The Bertz CT molecular complexity index is 1260. The summed E-state index contributed by atoms with van der Waals surface area (Å²) in [5.74, 6) is -0.718. The fourth-order valence-electron chi connectivity index (χ4n) is 4.86. The van der Waals surface area contributed by atoms with Gasteiger partial charge in [-0.3, -0.25) is 14.5 Å². The van der Waals surface area contributed by atoms with Crippen molar-refractivity contribution in [2.45, 2.75) is 83.7 Å². The van der Waals surface area contributed by atoms with Crippen LogP contribution >= 0.6 is 11.3 Å². The predicted molar refractivity (Wildman–Crippen MR) is 142 cm³/mol. The van der Waals surface area contributed by atoms with E-state index in [1.807, 2.05) is 15.7 Å². The summed E-state index contributed by atoms with van der Waals surface area (Å²) in [5, 5.41) is 0. The monoisotopic (exact) mass is 567 g/mol. The van der Waals surface area contributed by atoms with Crippen LogP contribution < -0.4 is 9.54 Å². The first-order chi connectivity index (χ1) is 18.3. The number of ether oxygens (including phenoxy) is 2. The minimum Gasteiger partial charge on any atom is -0.491 e. The number of amides is 1. The molecule has 0 saturated carbocycles. The van der Waals surface area contributed by atoms with Crippen molar-refractivity contribution in [3.63, 3.8) is 0 Å². The Morgan fingerprint density at radius 1 is 1.18 bits per heavy atom. The Kier molecular flexibility index (Phi) is 9.02. The number of alkyl halides is 3. The highest BCUT2D eigenvalue weighted by Crippen LogP contribution is 2.33. The van der Waals surface area contributed by atoms with Gasteiger partial charge in [0.05, 0.1) is 30.3 Å². The van der Waals surface area contributed by atoms with Crippen LogP contribution in [0.25, 0.3) is 0 Å². The van der Waals surface area contributed by atoms with Gasteiger partial charge in [0.1, 0.15) is 18.1 Å². The first kappa shape index (κ1) is 29.5. The summed E-state index contributed by atoms with van der Waals surface area (Å²) in [5.41, 5.74) is -1.38. The van der Waals surface area contributed by atoms with E-state index in [4.69, 9.17) is 9.47 Å². The zero-order chi connectivity index (χ0) is 28.4. The normalized spacial score (nSPS) is 21.1. The molecular weight excluding hydrogens is 531 g/mol. The van der Waals surface area contributed by atoms with Gasteiger partial charge in [-0.2, -0.15) is 18.2 Å². The molecule has 39 heavy (non-hydrogen) atoms. The molecule has 0 N–H and O–H groups in total. The number of rotatable bonds is 8. The highest BCUT2D eigenvalue weighted by molar-refractivity contribution is 7.09. The van der Waals surface area contributed by atoms with Gasteiger partial charge in [-0.1, -0.05) is 20.8 Å². The molecule has 2 fully saturated rings. The van der Waals surface area contributed by atoms with Crippen molar-refractivity contribution in [1.29, 1.82) is 0 Å². The SMILES string of the molecule is CC(=O)CN1CCC[C@H]1COc1ccc(C(F)(F)F)cc1C(=O)N=c1sc(C(C)(C)C)cn1C[C@H]1CCCO1. The Balaban J connectivity index is 1.67. The van der Waals surface area contributed by atoms with E-state index in [1.165, 1.54) is 24.3 Å². The molecule has 11 heteroatoms. The number of likely N-dealkylation sites (tertiary alicyclic amines) is 1. The molecule has 3 heterocycles. The second-order valence-electron chi connectivity index (χ2n) is 11.3. The lowest BCUT2D eigenvalue weighted by Gasteiger charge is -2.23. The van der Waals surface area contributed by atoms with Gasteiger partial charge >= 0.3 is 6.18 Å². The van der Waals surface area contributed by atoms with Crippen LogP contribution in [0, 0.1) is 0 Å². The number of benzene rings is 1. The van der Waals surface area contributed by atoms with Crippen molar-refractivity contribution in [2.24, 2.45) is 4.99 Å². The molecular formula is C28H36F3N3O4S. The van der Waals surface area contributed by atoms with Crippen LogP contribution in [-0.2, 0) is 27.7 Å². The highest BCUT2D eigenvalue weighted by Gasteiger charge is 2.33. The molecule has 1 aromatic heterocycles. The summed E-state index contributed by atoms with van der Waals surface area (Å²) < 4.78 is 54.3. The van der Waals surface area contributed by atoms with Gasteiger partial charge in [0.2, 0.25) is 0 Å². The van der Waals surface area contributed by atoms with E-state index >= 15 is 0 Å². The third-order valence-corrected chi connectivity index (χ3v) is 8.42. The molecule has 2 aromatic rings. The van der Waals surface area contributed by atoms with E-state index in [9.17, 15) is 22.8 Å². The number of hydrogen-bond acceptors (Lipinski definition) is 6. The van der Waals surface area contributed by atoms with Crippen molar-refractivity contribution in [3.05, 3.63) is 45.2 Å².